The fourth-order valence-corrected chi connectivity index (χ4v) is 2.93. The lowest BCUT2D eigenvalue weighted by Crippen LogP contribution is -2.48. The molecule has 0 radical (unpaired) electrons. The van der Waals surface area contributed by atoms with E-state index in [1.807, 2.05) is 44.1 Å². The second kappa shape index (κ2) is 7.46. The van der Waals surface area contributed by atoms with Gasteiger partial charge in [0.2, 0.25) is 0 Å². The Kier molecular flexibility index (Phi) is 5.11. The van der Waals surface area contributed by atoms with E-state index >= 15 is 0 Å². The molecule has 0 unspecified atom stereocenters. The highest BCUT2D eigenvalue weighted by atomic mass is 16.1. The second-order valence-corrected chi connectivity index (χ2v) is 6.58. The molecule has 1 amide bonds. The van der Waals surface area contributed by atoms with Crippen LogP contribution in [-0.2, 0) is 0 Å². The van der Waals surface area contributed by atoms with Gasteiger partial charge in [0.25, 0.3) is 5.91 Å². The van der Waals surface area contributed by atoms with Gasteiger partial charge in [-0.2, -0.15) is 0 Å². The van der Waals surface area contributed by atoms with Crippen molar-refractivity contribution in [1.82, 2.24) is 20.3 Å². The molecule has 0 aliphatic carbocycles. The number of rotatable bonds is 4. The number of anilines is 2. The molecule has 0 spiro atoms. The summed E-state index contributed by atoms with van der Waals surface area (Å²) in [6.45, 7) is 3.58. The average Bonchev–Trinajstić information content (AvgIpc) is 2.62. The van der Waals surface area contributed by atoms with E-state index in [0.29, 0.717) is 5.56 Å². The number of carbonyl (C=O) groups excluding carboxylic acids is 1. The fourth-order valence-electron chi connectivity index (χ4n) is 2.93. The molecule has 1 fully saturated rings. The molecule has 0 saturated carbocycles. The number of nitrogens with one attached hydrogen (secondary N) is 1. The van der Waals surface area contributed by atoms with Crippen LogP contribution in [0.1, 0.15) is 28.9 Å². The van der Waals surface area contributed by atoms with Crippen molar-refractivity contribution in [2.45, 2.75) is 25.8 Å². The number of aryl methyl sites for hydroxylation is 1. The first-order valence-electron chi connectivity index (χ1n) is 8.51. The van der Waals surface area contributed by atoms with E-state index in [0.717, 1.165) is 43.3 Å². The smallest absolute Gasteiger partial charge is 0.253 e. The van der Waals surface area contributed by atoms with Crippen molar-refractivity contribution >= 4 is 17.5 Å². The molecule has 1 atom stereocenters. The van der Waals surface area contributed by atoms with Crippen molar-refractivity contribution in [2.24, 2.45) is 0 Å². The Balaban J connectivity index is 1.66. The van der Waals surface area contributed by atoms with Gasteiger partial charge in [0, 0.05) is 51.2 Å². The van der Waals surface area contributed by atoms with Crippen molar-refractivity contribution in [3.8, 4) is 0 Å². The number of amides is 1. The van der Waals surface area contributed by atoms with Gasteiger partial charge in [-0.15, -0.1) is 0 Å². The molecule has 1 aliphatic heterocycles. The number of piperidine rings is 1. The second-order valence-electron chi connectivity index (χ2n) is 6.58. The van der Waals surface area contributed by atoms with Crippen LogP contribution in [0.25, 0.3) is 0 Å². The van der Waals surface area contributed by atoms with Crippen molar-refractivity contribution in [1.29, 1.82) is 0 Å². The topological polar surface area (TPSA) is 74.2 Å². The maximum atomic E-state index is 12.4. The number of nitrogens with zero attached hydrogens (tertiary/aromatic N) is 5. The zero-order valence-corrected chi connectivity index (χ0v) is 14.9. The van der Waals surface area contributed by atoms with Crippen LogP contribution in [0.4, 0.5) is 11.6 Å². The van der Waals surface area contributed by atoms with Gasteiger partial charge in [0.05, 0.1) is 5.56 Å². The van der Waals surface area contributed by atoms with Gasteiger partial charge in [0.15, 0.2) is 0 Å². The molecule has 3 rings (SSSR count). The molecule has 7 nitrogen and oxygen atoms in total. The summed E-state index contributed by atoms with van der Waals surface area (Å²) in [7, 11) is 3.92. The SMILES string of the molecule is Cc1ccc(C(=O)N[C@H]2CCCN(c3cc(N(C)C)ncn3)C2)cn1. The number of hydrogen-bond donors (Lipinski definition) is 1. The van der Waals surface area contributed by atoms with E-state index in [9.17, 15) is 4.79 Å². The van der Waals surface area contributed by atoms with Crippen LogP contribution in [0, 0.1) is 6.92 Å². The molecule has 2 aromatic heterocycles. The predicted octanol–water partition coefficient (Wildman–Crippen LogP) is 1.64. The summed E-state index contributed by atoms with van der Waals surface area (Å²) in [5.41, 5.74) is 1.50. The zero-order chi connectivity index (χ0) is 17.8. The summed E-state index contributed by atoms with van der Waals surface area (Å²) < 4.78 is 0. The first kappa shape index (κ1) is 17.1. The van der Waals surface area contributed by atoms with E-state index < -0.39 is 0 Å². The minimum Gasteiger partial charge on any atom is -0.363 e. The molecule has 7 heteroatoms. The minimum absolute atomic E-state index is 0.0731. The maximum absolute atomic E-state index is 12.4. The Morgan fingerprint density at radius 3 is 2.84 bits per heavy atom. The van der Waals surface area contributed by atoms with Crippen LogP contribution >= 0.6 is 0 Å². The lowest BCUT2D eigenvalue weighted by molar-refractivity contribution is 0.0932. The molecule has 25 heavy (non-hydrogen) atoms. The van der Waals surface area contributed by atoms with Crippen molar-refractivity contribution in [3.05, 3.63) is 42.0 Å². The van der Waals surface area contributed by atoms with E-state index in [2.05, 4.69) is 25.2 Å². The van der Waals surface area contributed by atoms with Gasteiger partial charge in [-0.25, -0.2) is 9.97 Å². The number of carbonyl (C=O) groups is 1. The third kappa shape index (κ3) is 4.23. The van der Waals surface area contributed by atoms with Crippen LogP contribution in [0.15, 0.2) is 30.7 Å². The largest absolute Gasteiger partial charge is 0.363 e. The molecule has 132 valence electrons. The first-order valence-corrected chi connectivity index (χ1v) is 8.51. The summed E-state index contributed by atoms with van der Waals surface area (Å²) in [6.07, 6.45) is 5.19. The standard InChI is InChI=1S/C18H24N6O/c1-13-6-7-14(10-19-13)18(25)22-15-5-4-8-24(11-15)17-9-16(23(2)3)20-12-21-17/h6-7,9-10,12,15H,4-5,8,11H2,1-3H3,(H,22,25)/t15-/m0/s1. The summed E-state index contributed by atoms with van der Waals surface area (Å²) >= 11 is 0. The highest BCUT2D eigenvalue weighted by Crippen LogP contribution is 2.20. The number of hydrogen-bond acceptors (Lipinski definition) is 6. The van der Waals surface area contributed by atoms with Crippen molar-refractivity contribution in [2.75, 3.05) is 37.0 Å². The number of pyridine rings is 1. The summed E-state index contributed by atoms with van der Waals surface area (Å²) in [5.74, 6) is 1.70. The van der Waals surface area contributed by atoms with Crippen LogP contribution in [-0.4, -0.2) is 54.1 Å². The fraction of sp³-hybridized carbons (Fsp3) is 0.444. The van der Waals surface area contributed by atoms with Crippen LogP contribution in [0.5, 0.6) is 0 Å². The van der Waals surface area contributed by atoms with Crippen molar-refractivity contribution in [3.63, 3.8) is 0 Å². The molecular weight excluding hydrogens is 316 g/mol. The van der Waals surface area contributed by atoms with Gasteiger partial charge in [0.1, 0.15) is 18.0 Å². The minimum atomic E-state index is -0.0731. The van der Waals surface area contributed by atoms with Gasteiger partial charge in [-0.3, -0.25) is 9.78 Å². The quantitative estimate of drug-likeness (QED) is 0.912. The van der Waals surface area contributed by atoms with Crippen LogP contribution < -0.4 is 15.1 Å². The van der Waals surface area contributed by atoms with E-state index in [-0.39, 0.29) is 11.9 Å². The van der Waals surface area contributed by atoms with Crippen LogP contribution in [0.3, 0.4) is 0 Å². The summed E-state index contributed by atoms with van der Waals surface area (Å²) in [6, 6.07) is 5.74. The third-order valence-corrected chi connectivity index (χ3v) is 4.35. The number of aromatic nitrogens is 3. The zero-order valence-electron chi connectivity index (χ0n) is 14.9. The lowest BCUT2D eigenvalue weighted by atomic mass is 10.1. The maximum Gasteiger partial charge on any atom is 0.253 e. The first-order chi connectivity index (χ1) is 12.0. The van der Waals surface area contributed by atoms with Crippen molar-refractivity contribution < 1.29 is 4.79 Å². The van der Waals surface area contributed by atoms with Gasteiger partial charge in [-0.1, -0.05) is 0 Å². The van der Waals surface area contributed by atoms with E-state index in [4.69, 9.17) is 0 Å². The molecule has 1 N–H and O–H groups in total. The van der Waals surface area contributed by atoms with Gasteiger partial charge in [-0.05, 0) is 31.9 Å². The van der Waals surface area contributed by atoms with E-state index in [1.54, 1.807) is 12.5 Å². The predicted molar refractivity (Wildman–Crippen MR) is 98.0 cm³/mol. The molecule has 1 saturated heterocycles. The molecular formula is C18H24N6O. The monoisotopic (exact) mass is 340 g/mol. The molecule has 2 aromatic rings. The van der Waals surface area contributed by atoms with Gasteiger partial charge < -0.3 is 15.1 Å². The highest BCUT2D eigenvalue weighted by molar-refractivity contribution is 5.94. The third-order valence-electron chi connectivity index (χ3n) is 4.35. The molecule has 1 aliphatic rings. The average molecular weight is 340 g/mol. The Morgan fingerprint density at radius 2 is 2.12 bits per heavy atom. The molecule has 0 aromatic carbocycles. The van der Waals surface area contributed by atoms with Gasteiger partial charge >= 0.3 is 0 Å². The Morgan fingerprint density at radius 1 is 1.28 bits per heavy atom. The normalized spacial score (nSPS) is 17.2. The Hall–Kier alpha value is -2.70. The Bertz CT molecular complexity index is 731. The van der Waals surface area contributed by atoms with Crippen LogP contribution in [0.2, 0.25) is 0 Å². The summed E-state index contributed by atoms with van der Waals surface area (Å²) in [4.78, 5) is 29.4. The summed E-state index contributed by atoms with van der Waals surface area (Å²) in [5, 5.41) is 3.12. The molecule has 3 heterocycles. The molecule has 0 bridgehead atoms. The lowest BCUT2D eigenvalue weighted by Gasteiger charge is -2.34. The highest BCUT2D eigenvalue weighted by Gasteiger charge is 2.23. The Labute approximate surface area is 148 Å². The van der Waals surface area contributed by atoms with E-state index in [1.165, 1.54) is 0 Å².